The van der Waals surface area contributed by atoms with Crippen LogP contribution in [0.2, 0.25) is 0 Å². The molecule has 1 aliphatic rings. The number of carbonyl (C=O) groups excluding carboxylic acids is 1. The van der Waals surface area contributed by atoms with Gasteiger partial charge in [-0.05, 0) is 28.9 Å². The van der Waals surface area contributed by atoms with Crippen LogP contribution in [0.4, 0.5) is 0 Å². The van der Waals surface area contributed by atoms with E-state index in [9.17, 15) is 14.7 Å². The van der Waals surface area contributed by atoms with Crippen LogP contribution >= 0.6 is 15.9 Å². The highest BCUT2D eigenvalue weighted by Gasteiger charge is 2.39. The van der Waals surface area contributed by atoms with Crippen LogP contribution in [0.25, 0.3) is 0 Å². The fourth-order valence-electron chi connectivity index (χ4n) is 1.82. The van der Waals surface area contributed by atoms with E-state index in [2.05, 4.69) is 15.9 Å². The molecule has 1 N–H and O–H groups in total. The monoisotopic (exact) mass is 300 g/mol. The van der Waals surface area contributed by atoms with Gasteiger partial charge in [-0.3, -0.25) is 9.59 Å². The lowest BCUT2D eigenvalue weighted by Crippen LogP contribution is -2.62. The normalized spacial score (nSPS) is 17.7. The van der Waals surface area contributed by atoms with Crippen molar-refractivity contribution in [2.24, 2.45) is 0 Å². The number of nitrogens with zero attached hydrogens (tertiary/aromatic N) is 2. The van der Waals surface area contributed by atoms with Gasteiger partial charge in [0.15, 0.2) is 0 Å². The highest BCUT2D eigenvalue weighted by molar-refractivity contribution is 9.10. The number of amides is 1. The predicted molar refractivity (Wildman–Crippen MR) is 65.6 cm³/mol. The summed E-state index contributed by atoms with van der Waals surface area (Å²) in [4.78, 5) is 24.8. The fourth-order valence-corrected chi connectivity index (χ4v) is 2.20. The third kappa shape index (κ3) is 2.76. The molecule has 5 nitrogen and oxygen atoms in total. The maximum Gasteiger partial charge on any atom is 0.251 e. The average Bonchev–Trinajstić information content (AvgIpc) is 2.20. The first-order chi connectivity index (χ1) is 7.87. The van der Waals surface area contributed by atoms with Gasteiger partial charge in [0.25, 0.3) is 5.56 Å². The third-order valence-electron chi connectivity index (χ3n) is 2.67. The largest absolute Gasteiger partial charge is 0.386 e. The summed E-state index contributed by atoms with van der Waals surface area (Å²) in [6, 6.07) is 3.04. The SMILES string of the molecule is CC1(O)CN(C(=O)Cn2cc(Br)ccc2=O)C1. The van der Waals surface area contributed by atoms with Crippen molar-refractivity contribution in [2.75, 3.05) is 13.1 Å². The Morgan fingerprint density at radius 3 is 2.76 bits per heavy atom. The average molecular weight is 301 g/mol. The van der Waals surface area contributed by atoms with E-state index in [0.29, 0.717) is 13.1 Å². The Labute approximate surface area is 107 Å². The second kappa shape index (κ2) is 4.27. The molecule has 1 fully saturated rings. The second-order valence-corrected chi connectivity index (χ2v) is 5.48. The van der Waals surface area contributed by atoms with Crippen LogP contribution in [0, 0.1) is 0 Å². The summed E-state index contributed by atoms with van der Waals surface area (Å²) in [7, 11) is 0. The van der Waals surface area contributed by atoms with Crippen LogP contribution in [-0.4, -0.2) is 39.2 Å². The Hall–Kier alpha value is -1.14. The molecule has 0 bridgehead atoms. The number of β-amino-alcohol motifs (C(OH)–C–C–N with tert-alkyl or cyclic N) is 1. The van der Waals surface area contributed by atoms with Gasteiger partial charge < -0.3 is 14.6 Å². The first-order valence-electron chi connectivity index (χ1n) is 5.23. The van der Waals surface area contributed by atoms with Crippen molar-refractivity contribution < 1.29 is 9.90 Å². The van der Waals surface area contributed by atoms with Crippen molar-refractivity contribution in [3.63, 3.8) is 0 Å². The number of hydrogen-bond acceptors (Lipinski definition) is 3. The zero-order chi connectivity index (χ0) is 12.6. The minimum absolute atomic E-state index is 0.00829. The number of aliphatic hydroxyl groups is 1. The molecule has 6 heteroatoms. The molecule has 1 amide bonds. The number of carbonyl (C=O) groups is 1. The molecule has 17 heavy (non-hydrogen) atoms. The maximum absolute atomic E-state index is 11.8. The minimum atomic E-state index is -0.780. The fraction of sp³-hybridized carbons (Fsp3) is 0.455. The van der Waals surface area contributed by atoms with Gasteiger partial charge in [0.2, 0.25) is 5.91 Å². The van der Waals surface area contributed by atoms with E-state index in [1.54, 1.807) is 19.2 Å². The molecule has 0 radical (unpaired) electrons. The quantitative estimate of drug-likeness (QED) is 0.849. The summed E-state index contributed by atoms with van der Waals surface area (Å²) >= 11 is 3.25. The number of pyridine rings is 1. The van der Waals surface area contributed by atoms with E-state index in [1.165, 1.54) is 15.5 Å². The molecule has 1 aromatic heterocycles. The molecule has 0 aliphatic carbocycles. The number of aromatic nitrogens is 1. The van der Waals surface area contributed by atoms with Crippen molar-refractivity contribution in [3.05, 3.63) is 33.2 Å². The lowest BCUT2D eigenvalue weighted by molar-refractivity contribution is -0.152. The topological polar surface area (TPSA) is 62.5 Å². The van der Waals surface area contributed by atoms with E-state index >= 15 is 0 Å². The van der Waals surface area contributed by atoms with Crippen molar-refractivity contribution in [1.29, 1.82) is 0 Å². The van der Waals surface area contributed by atoms with Gasteiger partial charge in [0.1, 0.15) is 6.54 Å². The molecule has 2 heterocycles. The van der Waals surface area contributed by atoms with Crippen LogP contribution in [0.15, 0.2) is 27.6 Å². The van der Waals surface area contributed by atoms with E-state index < -0.39 is 5.60 Å². The van der Waals surface area contributed by atoms with Crippen LogP contribution in [-0.2, 0) is 11.3 Å². The first kappa shape index (κ1) is 12.3. The Morgan fingerprint density at radius 2 is 2.18 bits per heavy atom. The van der Waals surface area contributed by atoms with Crippen molar-refractivity contribution in [2.45, 2.75) is 19.1 Å². The lowest BCUT2D eigenvalue weighted by Gasteiger charge is -2.44. The van der Waals surface area contributed by atoms with Gasteiger partial charge >= 0.3 is 0 Å². The molecule has 0 unspecified atom stereocenters. The third-order valence-corrected chi connectivity index (χ3v) is 3.14. The molecule has 1 aliphatic heterocycles. The Bertz CT molecular complexity index is 502. The smallest absolute Gasteiger partial charge is 0.251 e. The maximum atomic E-state index is 11.8. The highest BCUT2D eigenvalue weighted by atomic mass is 79.9. The molecule has 0 spiro atoms. The number of hydrogen-bond donors (Lipinski definition) is 1. The summed E-state index contributed by atoms with van der Waals surface area (Å²) in [6.45, 7) is 2.35. The van der Waals surface area contributed by atoms with Crippen molar-refractivity contribution in [3.8, 4) is 0 Å². The molecule has 1 aromatic rings. The predicted octanol–water partition coefficient (Wildman–Crippen LogP) is 0.204. The molecular formula is C11H13BrN2O3. The summed E-state index contributed by atoms with van der Waals surface area (Å²) < 4.78 is 2.10. The second-order valence-electron chi connectivity index (χ2n) is 4.56. The van der Waals surface area contributed by atoms with Gasteiger partial charge in [0.05, 0.1) is 18.7 Å². The molecule has 92 valence electrons. The summed E-state index contributed by atoms with van der Waals surface area (Å²) in [6.07, 6.45) is 1.58. The summed E-state index contributed by atoms with van der Waals surface area (Å²) in [5, 5.41) is 9.53. The molecule has 1 saturated heterocycles. The first-order valence-corrected chi connectivity index (χ1v) is 6.03. The minimum Gasteiger partial charge on any atom is -0.386 e. The van der Waals surface area contributed by atoms with E-state index in [1.807, 2.05) is 0 Å². The van der Waals surface area contributed by atoms with Gasteiger partial charge in [-0.2, -0.15) is 0 Å². The number of rotatable bonds is 2. The number of halogens is 1. The molecular weight excluding hydrogens is 288 g/mol. The van der Waals surface area contributed by atoms with Gasteiger partial charge in [-0.1, -0.05) is 0 Å². The van der Waals surface area contributed by atoms with E-state index in [-0.39, 0.29) is 18.0 Å². The van der Waals surface area contributed by atoms with Crippen LogP contribution in [0.3, 0.4) is 0 Å². The Balaban J connectivity index is 2.04. The van der Waals surface area contributed by atoms with E-state index in [0.717, 1.165) is 4.47 Å². The molecule has 0 aromatic carbocycles. The summed E-state index contributed by atoms with van der Waals surface area (Å²) in [5.74, 6) is -0.156. The molecule has 0 saturated carbocycles. The van der Waals surface area contributed by atoms with Crippen molar-refractivity contribution >= 4 is 21.8 Å². The Kier molecular flexibility index (Phi) is 3.09. The summed E-state index contributed by atoms with van der Waals surface area (Å²) in [5.41, 5.74) is -0.994. The van der Waals surface area contributed by atoms with Crippen molar-refractivity contribution in [1.82, 2.24) is 9.47 Å². The standard InChI is InChI=1S/C11H13BrN2O3/c1-11(17)6-14(7-11)10(16)5-13-4-8(12)2-3-9(13)15/h2-4,17H,5-7H2,1H3. The van der Waals surface area contributed by atoms with Crippen LogP contribution < -0.4 is 5.56 Å². The van der Waals surface area contributed by atoms with Gasteiger partial charge in [-0.25, -0.2) is 0 Å². The van der Waals surface area contributed by atoms with E-state index in [4.69, 9.17) is 0 Å². The molecule has 2 rings (SSSR count). The van der Waals surface area contributed by atoms with Gasteiger partial charge in [0, 0.05) is 16.7 Å². The van der Waals surface area contributed by atoms with Gasteiger partial charge in [-0.15, -0.1) is 0 Å². The Morgan fingerprint density at radius 1 is 1.53 bits per heavy atom. The zero-order valence-electron chi connectivity index (χ0n) is 9.39. The zero-order valence-corrected chi connectivity index (χ0v) is 11.0. The van der Waals surface area contributed by atoms with Crippen LogP contribution in [0.5, 0.6) is 0 Å². The lowest BCUT2D eigenvalue weighted by atomic mass is 9.97. The highest BCUT2D eigenvalue weighted by Crippen LogP contribution is 2.19. The molecule has 0 atom stereocenters. The van der Waals surface area contributed by atoms with Crippen LogP contribution in [0.1, 0.15) is 6.92 Å². The number of likely N-dealkylation sites (tertiary alicyclic amines) is 1.